The van der Waals surface area contributed by atoms with Crippen LogP contribution in [0.25, 0.3) is 22.3 Å². The monoisotopic (exact) mass is 666 g/mol. The van der Waals surface area contributed by atoms with Crippen LogP contribution in [-0.4, -0.2) is 37.7 Å². The van der Waals surface area contributed by atoms with Gasteiger partial charge in [-0.2, -0.15) is 4.39 Å². The van der Waals surface area contributed by atoms with Crippen molar-refractivity contribution in [3.63, 3.8) is 0 Å². The zero-order valence-electron chi connectivity index (χ0n) is 27.2. The van der Waals surface area contributed by atoms with Crippen LogP contribution in [0.2, 0.25) is 0 Å². The lowest BCUT2D eigenvalue weighted by atomic mass is 10.0. The third kappa shape index (κ3) is 12.1. The summed E-state index contributed by atoms with van der Waals surface area (Å²) in [6, 6.07) is 30.1. The maximum Gasteiger partial charge on any atom is 0.366 e. The average Bonchev–Trinajstić information content (AvgIpc) is 3.12. The molecule has 8 nitrogen and oxygen atoms in total. The standard InChI is InChI=1S/C40H39FO8/c1-3-45-38(42)9-5-4-6-26-46-36-22-18-34(19-23-36)40(44)49-37-24-16-33(17-25-37)31-12-10-30(11-13-31)32-14-20-35(21-15-32)47-27-7-8-28-48-39(43)29(2)41/h3,10-25H,1-2,4-9,26-28H2. The molecule has 0 heterocycles. The number of unbranched alkanes of at least 4 members (excludes halogenated alkanes) is 3. The molecule has 0 bridgehead atoms. The lowest BCUT2D eigenvalue weighted by Crippen LogP contribution is -2.08. The Bertz CT molecular complexity index is 1680. The first kappa shape index (κ1) is 36.1. The predicted octanol–water partition coefficient (Wildman–Crippen LogP) is 9.05. The van der Waals surface area contributed by atoms with Gasteiger partial charge in [-0.1, -0.05) is 61.7 Å². The quantitative estimate of drug-likeness (QED) is 0.0322. The second-order valence-corrected chi connectivity index (χ2v) is 11.0. The summed E-state index contributed by atoms with van der Waals surface area (Å²) in [5.74, 6) is -1.05. The molecule has 0 saturated heterocycles. The van der Waals surface area contributed by atoms with E-state index in [1.807, 2.05) is 60.7 Å². The largest absolute Gasteiger partial charge is 0.494 e. The Morgan fingerprint density at radius 3 is 1.55 bits per heavy atom. The second kappa shape index (κ2) is 19.2. The van der Waals surface area contributed by atoms with E-state index < -0.39 is 17.8 Å². The Kier molecular flexibility index (Phi) is 14.2. The summed E-state index contributed by atoms with van der Waals surface area (Å²) in [5.41, 5.74) is 4.51. The molecule has 0 N–H and O–H groups in total. The van der Waals surface area contributed by atoms with E-state index in [1.54, 1.807) is 36.4 Å². The van der Waals surface area contributed by atoms with Gasteiger partial charge in [-0.3, -0.25) is 4.79 Å². The molecule has 4 aromatic carbocycles. The Balaban J connectivity index is 1.18. The molecule has 0 saturated carbocycles. The maximum absolute atomic E-state index is 12.7. The van der Waals surface area contributed by atoms with Gasteiger partial charge in [0.1, 0.15) is 17.2 Å². The number of hydrogen-bond acceptors (Lipinski definition) is 8. The van der Waals surface area contributed by atoms with Gasteiger partial charge in [0.15, 0.2) is 0 Å². The number of halogens is 1. The summed E-state index contributed by atoms with van der Waals surface area (Å²) in [4.78, 5) is 35.0. The van der Waals surface area contributed by atoms with Gasteiger partial charge >= 0.3 is 17.9 Å². The van der Waals surface area contributed by atoms with Gasteiger partial charge in [-0.15, -0.1) is 0 Å². The van der Waals surface area contributed by atoms with E-state index in [0.29, 0.717) is 49.5 Å². The van der Waals surface area contributed by atoms with E-state index in [1.165, 1.54) is 0 Å². The van der Waals surface area contributed by atoms with Crippen LogP contribution in [0.3, 0.4) is 0 Å². The lowest BCUT2D eigenvalue weighted by molar-refractivity contribution is -0.141. The van der Waals surface area contributed by atoms with E-state index >= 15 is 0 Å². The van der Waals surface area contributed by atoms with Crippen molar-refractivity contribution in [3.8, 4) is 39.5 Å². The normalized spacial score (nSPS) is 10.5. The van der Waals surface area contributed by atoms with Crippen molar-refractivity contribution in [1.82, 2.24) is 0 Å². The topological polar surface area (TPSA) is 97.4 Å². The smallest absolute Gasteiger partial charge is 0.366 e. The molecule has 0 aliphatic heterocycles. The van der Waals surface area contributed by atoms with Crippen LogP contribution in [-0.2, 0) is 19.1 Å². The first-order chi connectivity index (χ1) is 23.8. The van der Waals surface area contributed by atoms with Crippen LogP contribution in [0.5, 0.6) is 17.2 Å². The second-order valence-electron chi connectivity index (χ2n) is 11.0. The summed E-state index contributed by atoms with van der Waals surface area (Å²) < 4.78 is 39.0. The fourth-order valence-electron chi connectivity index (χ4n) is 4.69. The number of ether oxygens (including phenoxy) is 5. The molecule has 49 heavy (non-hydrogen) atoms. The van der Waals surface area contributed by atoms with Crippen LogP contribution in [0.4, 0.5) is 4.39 Å². The van der Waals surface area contributed by atoms with Crippen molar-refractivity contribution in [2.45, 2.75) is 38.5 Å². The van der Waals surface area contributed by atoms with E-state index in [9.17, 15) is 18.8 Å². The van der Waals surface area contributed by atoms with Crippen molar-refractivity contribution >= 4 is 17.9 Å². The molecular formula is C40H39FO8. The summed E-state index contributed by atoms with van der Waals surface area (Å²) in [5, 5.41) is 0. The maximum atomic E-state index is 12.7. The Morgan fingerprint density at radius 1 is 0.592 bits per heavy atom. The van der Waals surface area contributed by atoms with Crippen molar-refractivity contribution < 1.29 is 42.5 Å². The molecule has 0 atom stereocenters. The van der Waals surface area contributed by atoms with Crippen LogP contribution >= 0.6 is 0 Å². The first-order valence-electron chi connectivity index (χ1n) is 16.0. The highest BCUT2D eigenvalue weighted by Gasteiger charge is 2.10. The first-order valence-corrected chi connectivity index (χ1v) is 16.0. The van der Waals surface area contributed by atoms with Gasteiger partial charge in [0.2, 0.25) is 5.83 Å². The highest BCUT2D eigenvalue weighted by Crippen LogP contribution is 2.28. The fourth-order valence-corrected chi connectivity index (χ4v) is 4.69. The van der Waals surface area contributed by atoms with Crippen molar-refractivity contribution in [1.29, 1.82) is 0 Å². The van der Waals surface area contributed by atoms with E-state index in [0.717, 1.165) is 53.5 Å². The van der Waals surface area contributed by atoms with Crippen LogP contribution in [0.1, 0.15) is 48.9 Å². The zero-order chi connectivity index (χ0) is 34.8. The predicted molar refractivity (Wildman–Crippen MR) is 185 cm³/mol. The molecule has 0 aliphatic rings. The summed E-state index contributed by atoms with van der Waals surface area (Å²) in [6.07, 6.45) is 5.06. The molecule has 0 amide bonds. The van der Waals surface area contributed by atoms with Crippen molar-refractivity contribution in [2.75, 3.05) is 19.8 Å². The highest BCUT2D eigenvalue weighted by atomic mass is 19.1. The molecule has 4 rings (SSSR count). The minimum absolute atomic E-state index is 0.118. The van der Waals surface area contributed by atoms with Crippen molar-refractivity contribution in [3.05, 3.63) is 128 Å². The van der Waals surface area contributed by atoms with Gasteiger partial charge in [-0.25, -0.2) is 9.59 Å². The molecule has 254 valence electrons. The van der Waals surface area contributed by atoms with E-state index in [-0.39, 0.29) is 12.6 Å². The molecule has 9 heteroatoms. The SMILES string of the molecule is C=COC(=O)CCCCCOc1ccc(C(=O)Oc2ccc(-c3ccc(-c4ccc(OCCCCOC(=O)C(=C)F)cc4)cc3)cc2)cc1. The van der Waals surface area contributed by atoms with Gasteiger partial charge in [0.25, 0.3) is 0 Å². The van der Waals surface area contributed by atoms with Crippen LogP contribution in [0, 0.1) is 0 Å². The summed E-state index contributed by atoms with van der Waals surface area (Å²) in [6.45, 7) is 7.34. The van der Waals surface area contributed by atoms with Crippen LogP contribution in [0.15, 0.2) is 122 Å². The van der Waals surface area contributed by atoms with E-state index in [2.05, 4.69) is 17.9 Å². The number of carbonyl (C=O) groups is 3. The molecule has 0 fully saturated rings. The van der Waals surface area contributed by atoms with Gasteiger partial charge < -0.3 is 23.7 Å². The zero-order valence-corrected chi connectivity index (χ0v) is 27.2. The van der Waals surface area contributed by atoms with Crippen molar-refractivity contribution in [2.24, 2.45) is 0 Å². The molecule has 4 aromatic rings. The molecule has 0 radical (unpaired) electrons. The minimum Gasteiger partial charge on any atom is -0.494 e. The summed E-state index contributed by atoms with van der Waals surface area (Å²) in [7, 11) is 0. The Hall–Kier alpha value is -5.70. The van der Waals surface area contributed by atoms with Crippen LogP contribution < -0.4 is 14.2 Å². The minimum atomic E-state index is -1.10. The average molecular weight is 667 g/mol. The number of hydrogen-bond donors (Lipinski definition) is 0. The number of carbonyl (C=O) groups excluding carboxylic acids is 3. The molecule has 0 aliphatic carbocycles. The molecular weight excluding hydrogens is 627 g/mol. The third-order valence-corrected chi connectivity index (χ3v) is 7.33. The van der Waals surface area contributed by atoms with Gasteiger partial charge in [0, 0.05) is 6.42 Å². The summed E-state index contributed by atoms with van der Waals surface area (Å²) >= 11 is 0. The molecule has 0 spiro atoms. The van der Waals surface area contributed by atoms with E-state index in [4.69, 9.17) is 18.9 Å². The highest BCUT2D eigenvalue weighted by molar-refractivity contribution is 5.91. The molecule has 0 unspecified atom stereocenters. The van der Waals surface area contributed by atoms with Gasteiger partial charge in [-0.05, 0) is 103 Å². The fraction of sp³-hybridized carbons (Fsp3) is 0.225. The number of benzene rings is 4. The number of rotatable bonds is 19. The molecule has 0 aromatic heterocycles. The lowest BCUT2D eigenvalue weighted by Gasteiger charge is -2.09. The third-order valence-electron chi connectivity index (χ3n) is 7.33. The number of esters is 3. The Labute approximate surface area is 285 Å². The van der Waals surface area contributed by atoms with Gasteiger partial charge in [0.05, 0.1) is 31.6 Å². The Morgan fingerprint density at radius 2 is 1.04 bits per heavy atom.